The predicted molar refractivity (Wildman–Crippen MR) is 89.9 cm³/mol. The van der Waals surface area contributed by atoms with Crippen molar-refractivity contribution in [3.63, 3.8) is 0 Å². The first kappa shape index (κ1) is 19.5. The first-order valence-electron chi connectivity index (χ1n) is 8.08. The van der Waals surface area contributed by atoms with Gasteiger partial charge in [0.25, 0.3) is 5.91 Å². The second-order valence-corrected chi connectivity index (χ2v) is 8.70. The Bertz CT molecular complexity index is 775. The summed E-state index contributed by atoms with van der Waals surface area (Å²) in [4.78, 5) is 25.7. The lowest BCUT2D eigenvalue weighted by atomic mass is 9.80. The van der Waals surface area contributed by atoms with Gasteiger partial charge < -0.3 is 14.4 Å². The van der Waals surface area contributed by atoms with Gasteiger partial charge in [-0.05, 0) is 19.8 Å². The molecule has 1 fully saturated rings. The molecule has 0 atom stereocenters. The smallest absolute Gasteiger partial charge is 0.329 e. The molecule has 25 heavy (non-hydrogen) atoms. The molecule has 1 aromatic heterocycles. The fourth-order valence-corrected chi connectivity index (χ4v) is 4.27. The van der Waals surface area contributed by atoms with E-state index in [4.69, 9.17) is 4.42 Å². The Labute approximate surface area is 147 Å². The average Bonchev–Trinajstić information content (AvgIpc) is 2.96. The van der Waals surface area contributed by atoms with Crippen molar-refractivity contribution in [2.24, 2.45) is 0 Å². The number of amides is 1. The third kappa shape index (κ3) is 3.30. The number of carboxylic acid groups (broad SMARTS) is 1. The Morgan fingerprint density at radius 3 is 2.20 bits per heavy atom. The maximum absolute atomic E-state index is 12.8. The van der Waals surface area contributed by atoms with Crippen molar-refractivity contribution in [3.8, 4) is 0 Å². The van der Waals surface area contributed by atoms with Crippen LogP contribution in [0.4, 0.5) is 0 Å². The van der Waals surface area contributed by atoms with Gasteiger partial charge in [-0.15, -0.1) is 0 Å². The number of carbonyl (C=O) groups is 2. The van der Waals surface area contributed by atoms with Crippen LogP contribution in [0, 0.1) is 6.92 Å². The summed E-state index contributed by atoms with van der Waals surface area (Å²) in [5, 5.41) is 9.69. The average molecular weight is 372 g/mol. The number of hydrogen-bond donors (Lipinski definition) is 1. The van der Waals surface area contributed by atoms with Gasteiger partial charge in [0.05, 0.1) is 0 Å². The van der Waals surface area contributed by atoms with Gasteiger partial charge in [-0.3, -0.25) is 4.79 Å². The summed E-state index contributed by atoms with van der Waals surface area (Å²) in [5.41, 5.74) is -1.28. The van der Waals surface area contributed by atoms with Crippen molar-refractivity contribution in [2.75, 3.05) is 21.1 Å². The monoisotopic (exact) mass is 372 g/mol. The fraction of sp³-hybridized carbons (Fsp3) is 0.625. The molecule has 0 spiro atoms. The van der Waals surface area contributed by atoms with Gasteiger partial charge in [-0.1, -0.05) is 19.3 Å². The number of carbonyl (C=O) groups excluding carboxylic acids is 1. The quantitative estimate of drug-likeness (QED) is 0.843. The van der Waals surface area contributed by atoms with E-state index in [1.165, 1.54) is 39.0 Å². The predicted octanol–water partition coefficient (Wildman–Crippen LogP) is 1.70. The number of sulfonamides is 1. The maximum Gasteiger partial charge on any atom is 0.329 e. The lowest BCUT2D eigenvalue weighted by Crippen LogP contribution is -2.56. The molecule has 140 valence electrons. The van der Waals surface area contributed by atoms with E-state index in [1.807, 2.05) is 0 Å². The second-order valence-electron chi connectivity index (χ2n) is 6.58. The normalized spacial score (nSPS) is 17.5. The zero-order valence-corrected chi connectivity index (χ0v) is 15.7. The van der Waals surface area contributed by atoms with Gasteiger partial charge in [0.2, 0.25) is 10.0 Å². The molecule has 0 aliphatic heterocycles. The summed E-state index contributed by atoms with van der Waals surface area (Å²) in [7, 11) is 0.452. The van der Waals surface area contributed by atoms with Crippen molar-refractivity contribution in [3.05, 3.63) is 17.6 Å². The fourth-order valence-electron chi connectivity index (χ4n) is 3.21. The molecule has 1 saturated carbocycles. The number of aryl methyl sites for hydroxylation is 1. The first-order valence-corrected chi connectivity index (χ1v) is 9.52. The van der Waals surface area contributed by atoms with E-state index >= 15 is 0 Å². The number of hydrogen-bond acceptors (Lipinski definition) is 5. The van der Waals surface area contributed by atoms with Crippen LogP contribution >= 0.6 is 0 Å². The highest BCUT2D eigenvalue weighted by atomic mass is 32.2. The van der Waals surface area contributed by atoms with Crippen molar-refractivity contribution in [1.29, 1.82) is 0 Å². The molecule has 0 radical (unpaired) electrons. The van der Waals surface area contributed by atoms with E-state index in [2.05, 4.69) is 0 Å². The third-order valence-electron chi connectivity index (χ3n) is 4.87. The molecule has 1 aromatic rings. The van der Waals surface area contributed by atoms with Crippen LogP contribution in [0.25, 0.3) is 0 Å². The minimum absolute atomic E-state index is 0.0951. The molecule has 0 bridgehead atoms. The lowest BCUT2D eigenvalue weighted by molar-refractivity contribution is -0.151. The van der Waals surface area contributed by atoms with E-state index < -0.39 is 27.4 Å². The molecular weight excluding hydrogens is 348 g/mol. The molecular formula is C16H24N2O6S. The number of nitrogens with zero attached hydrogens (tertiary/aromatic N) is 2. The molecule has 2 rings (SSSR count). The van der Waals surface area contributed by atoms with Crippen molar-refractivity contribution in [2.45, 2.75) is 49.5 Å². The van der Waals surface area contributed by atoms with Crippen LogP contribution in [-0.2, 0) is 14.8 Å². The van der Waals surface area contributed by atoms with Gasteiger partial charge in [0.1, 0.15) is 16.2 Å². The number of furan rings is 1. The van der Waals surface area contributed by atoms with E-state index in [1.54, 1.807) is 0 Å². The first-order chi connectivity index (χ1) is 11.5. The number of rotatable bonds is 5. The van der Waals surface area contributed by atoms with Crippen LogP contribution in [0.1, 0.15) is 48.4 Å². The van der Waals surface area contributed by atoms with Crippen molar-refractivity contribution >= 4 is 21.9 Å². The zero-order chi connectivity index (χ0) is 19.0. The Hall–Kier alpha value is -1.87. The van der Waals surface area contributed by atoms with E-state index in [-0.39, 0.29) is 16.4 Å². The van der Waals surface area contributed by atoms with E-state index in [9.17, 15) is 23.1 Å². The molecule has 8 nitrogen and oxygen atoms in total. The minimum Gasteiger partial charge on any atom is -0.479 e. The maximum atomic E-state index is 12.8. The summed E-state index contributed by atoms with van der Waals surface area (Å²) in [5.74, 6) is -1.76. The van der Waals surface area contributed by atoms with Gasteiger partial charge >= 0.3 is 5.97 Å². The van der Waals surface area contributed by atoms with E-state index in [0.717, 1.165) is 23.6 Å². The summed E-state index contributed by atoms with van der Waals surface area (Å²) < 4.78 is 30.9. The second kappa shape index (κ2) is 6.80. The van der Waals surface area contributed by atoms with Crippen LogP contribution < -0.4 is 0 Å². The lowest BCUT2D eigenvalue weighted by Gasteiger charge is -2.40. The molecule has 1 N–H and O–H groups in total. The van der Waals surface area contributed by atoms with E-state index in [0.29, 0.717) is 12.8 Å². The Balaban J connectivity index is 2.39. The third-order valence-corrected chi connectivity index (χ3v) is 6.79. The standard InChI is InChI=1S/C16H24N2O6S/c1-11-13(25(22,23)17(2)3)10-12(24-11)14(19)18(4)16(15(20)21)8-6-5-7-9-16/h10H,5-9H2,1-4H3,(H,20,21). The zero-order valence-electron chi connectivity index (χ0n) is 14.9. The summed E-state index contributed by atoms with van der Waals surface area (Å²) in [6, 6.07) is 1.17. The van der Waals surface area contributed by atoms with Crippen LogP contribution in [0.3, 0.4) is 0 Å². The van der Waals surface area contributed by atoms with Gasteiger partial charge in [-0.25, -0.2) is 17.5 Å². The van der Waals surface area contributed by atoms with Crippen LogP contribution in [0.15, 0.2) is 15.4 Å². The highest BCUT2D eigenvalue weighted by Gasteiger charge is 2.46. The molecule has 0 saturated heterocycles. The minimum atomic E-state index is -3.75. The molecule has 1 amide bonds. The molecule has 9 heteroatoms. The largest absolute Gasteiger partial charge is 0.479 e. The number of aliphatic carboxylic acids is 1. The number of carboxylic acids is 1. The number of likely N-dealkylation sites (N-methyl/N-ethyl adjacent to an activating group) is 1. The Morgan fingerprint density at radius 1 is 1.16 bits per heavy atom. The van der Waals surface area contributed by atoms with Crippen LogP contribution in [0.2, 0.25) is 0 Å². The van der Waals surface area contributed by atoms with Gasteiger partial charge in [0, 0.05) is 27.2 Å². The summed E-state index contributed by atoms with van der Waals surface area (Å²) >= 11 is 0. The van der Waals surface area contributed by atoms with Crippen LogP contribution in [0.5, 0.6) is 0 Å². The molecule has 1 aliphatic carbocycles. The molecule has 1 aliphatic rings. The Kier molecular flexibility index (Phi) is 5.29. The van der Waals surface area contributed by atoms with Gasteiger partial charge in [-0.2, -0.15) is 0 Å². The molecule has 0 aromatic carbocycles. The molecule has 1 heterocycles. The van der Waals surface area contributed by atoms with Crippen molar-refractivity contribution < 1.29 is 27.5 Å². The SMILES string of the molecule is Cc1oc(C(=O)N(C)C2(C(=O)O)CCCCC2)cc1S(=O)(=O)N(C)C. The highest BCUT2D eigenvalue weighted by molar-refractivity contribution is 7.89. The Morgan fingerprint density at radius 2 is 1.72 bits per heavy atom. The van der Waals surface area contributed by atoms with Crippen LogP contribution in [-0.4, -0.2) is 61.3 Å². The molecule has 0 unspecified atom stereocenters. The van der Waals surface area contributed by atoms with Gasteiger partial charge in [0.15, 0.2) is 5.76 Å². The van der Waals surface area contributed by atoms with Crippen molar-refractivity contribution in [1.82, 2.24) is 9.21 Å². The summed E-state index contributed by atoms with van der Waals surface area (Å²) in [6.07, 6.45) is 3.12. The highest BCUT2D eigenvalue weighted by Crippen LogP contribution is 2.35. The topological polar surface area (TPSA) is 108 Å². The summed E-state index contributed by atoms with van der Waals surface area (Å²) in [6.45, 7) is 1.46.